The third-order valence-corrected chi connectivity index (χ3v) is 1.94. The highest BCUT2D eigenvalue weighted by atomic mass is 127. The van der Waals surface area contributed by atoms with Crippen molar-refractivity contribution in [1.82, 2.24) is 5.32 Å². The molecule has 1 amide bonds. The fourth-order valence-electron chi connectivity index (χ4n) is 0.661. The Morgan fingerprint density at radius 3 is 2.83 bits per heavy atom. The molecule has 1 atom stereocenters. The predicted molar refractivity (Wildman–Crippen MR) is 57.7 cm³/mol. The molecule has 3 nitrogen and oxygen atoms in total. The molecule has 0 saturated carbocycles. The Morgan fingerprint density at radius 1 is 1.67 bits per heavy atom. The van der Waals surface area contributed by atoms with Crippen LogP contribution in [-0.4, -0.2) is 23.2 Å². The van der Waals surface area contributed by atoms with E-state index in [-0.39, 0.29) is 3.91 Å². The average molecular weight is 285 g/mol. The van der Waals surface area contributed by atoms with Crippen molar-refractivity contribution in [1.29, 1.82) is 0 Å². The van der Waals surface area contributed by atoms with Crippen molar-refractivity contribution < 1.29 is 9.53 Å². The summed E-state index contributed by atoms with van der Waals surface area (Å²) in [5.74, 6) is 0. The van der Waals surface area contributed by atoms with Gasteiger partial charge in [0, 0.05) is 35.7 Å². The molecular weight excluding hydrogens is 269 g/mol. The van der Waals surface area contributed by atoms with Gasteiger partial charge in [0.05, 0.1) is 6.10 Å². The van der Waals surface area contributed by atoms with Crippen LogP contribution in [0.5, 0.6) is 0 Å². The number of carbonyl (C=O) groups is 1. The van der Waals surface area contributed by atoms with E-state index in [0.29, 0.717) is 12.6 Å². The van der Waals surface area contributed by atoms with Gasteiger partial charge >= 0.3 is 0 Å². The van der Waals surface area contributed by atoms with Crippen LogP contribution in [0.4, 0.5) is 4.79 Å². The van der Waals surface area contributed by atoms with E-state index >= 15 is 0 Å². The van der Waals surface area contributed by atoms with Gasteiger partial charge in [-0.2, -0.15) is 0 Å². The molecular formula is C8H16INO2. The zero-order chi connectivity index (χ0) is 9.40. The number of amides is 1. The summed E-state index contributed by atoms with van der Waals surface area (Å²) in [6.07, 6.45) is 2.26. The molecule has 0 aliphatic rings. The van der Waals surface area contributed by atoms with Gasteiger partial charge in [-0.1, -0.05) is 6.92 Å². The number of halogens is 1. The summed E-state index contributed by atoms with van der Waals surface area (Å²) in [6.45, 7) is 5.58. The predicted octanol–water partition coefficient (Wildman–Crippen LogP) is 2.34. The first-order valence-electron chi connectivity index (χ1n) is 4.21. The fourth-order valence-corrected chi connectivity index (χ4v) is 0.931. The van der Waals surface area contributed by atoms with Gasteiger partial charge in [-0.3, -0.25) is 4.79 Å². The van der Waals surface area contributed by atoms with E-state index in [1.165, 1.54) is 0 Å². The van der Waals surface area contributed by atoms with Crippen molar-refractivity contribution in [2.45, 2.75) is 32.8 Å². The molecule has 1 unspecified atom stereocenters. The van der Waals surface area contributed by atoms with Gasteiger partial charge in [0.2, 0.25) is 0 Å². The van der Waals surface area contributed by atoms with Crippen LogP contribution >= 0.6 is 22.6 Å². The van der Waals surface area contributed by atoms with E-state index in [0.717, 1.165) is 19.4 Å². The number of nitrogens with one attached hydrogen (secondary N) is 1. The van der Waals surface area contributed by atoms with Gasteiger partial charge in [0.25, 0.3) is 3.91 Å². The third kappa shape index (κ3) is 8.26. The molecule has 0 aliphatic heterocycles. The first kappa shape index (κ1) is 12.2. The van der Waals surface area contributed by atoms with Crippen LogP contribution in [0.3, 0.4) is 0 Å². The zero-order valence-electron chi connectivity index (χ0n) is 7.60. The molecule has 4 heteroatoms. The van der Waals surface area contributed by atoms with Crippen LogP contribution in [0.15, 0.2) is 0 Å². The molecule has 1 N–H and O–H groups in total. The fraction of sp³-hybridized carbons (Fsp3) is 0.875. The molecule has 0 spiro atoms. The minimum Gasteiger partial charge on any atom is -0.378 e. The summed E-state index contributed by atoms with van der Waals surface area (Å²) in [6, 6.07) is 0. The monoisotopic (exact) mass is 285 g/mol. The molecule has 72 valence electrons. The van der Waals surface area contributed by atoms with Crippen LogP contribution in [0, 0.1) is 0 Å². The van der Waals surface area contributed by atoms with Gasteiger partial charge in [0.1, 0.15) is 0 Å². The second kappa shape index (κ2) is 7.79. The van der Waals surface area contributed by atoms with E-state index in [1.807, 2.05) is 0 Å². The minimum atomic E-state index is -0.00357. The van der Waals surface area contributed by atoms with Crippen LogP contribution in [0.1, 0.15) is 26.7 Å². The highest BCUT2D eigenvalue weighted by molar-refractivity contribution is 14.1. The van der Waals surface area contributed by atoms with E-state index in [9.17, 15) is 4.79 Å². The quantitative estimate of drug-likeness (QED) is 0.352. The normalized spacial score (nSPS) is 12.6. The lowest BCUT2D eigenvalue weighted by Crippen LogP contribution is -2.19. The van der Waals surface area contributed by atoms with Crippen molar-refractivity contribution in [3.8, 4) is 0 Å². The first-order valence-corrected chi connectivity index (χ1v) is 5.29. The minimum absolute atomic E-state index is 0.00357. The van der Waals surface area contributed by atoms with Crippen molar-refractivity contribution in [3.05, 3.63) is 0 Å². The number of hydrogen-bond donors (Lipinski definition) is 1. The number of rotatable bonds is 6. The van der Waals surface area contributed by atoms with E-state index in [1.54, 1.807) is 22.6 Å². The lowest BCUT2D eigenvalue weighted by atomic mass is 10.3. The number of carbonyl (C=O) groups excluding carboxylic acids is 1. The third-order valence-electron chi connectivity index (χ3n) is 1.56. The molecule has 0 radical (unpaired) electrons. The molecule has 0 aliphatic carbocycles. The molecule has 0 bridgehead atoms. The summed E-state index contributed by atoms with van der Waals surface area (Å²) in [5, 5.41) is 2.70. The van der Waals surface area contributed by atoms with E-state index < -0.39 is 0 Å². The van der Waals surface area contributed by atoms with Crippen molar-refractivity contribution >= 4 is 26.5 Å². The standard InChI is InChI=1S/C8H16INO2/c1-3-7(2)12-6-4-5-10-8(9)11/h7H,3-6H2,1-2H3,(H,10,11). The Hall–Kier alpha value is 0.160. The van der Waals surface area contributed by atoms with Crippen LogP contribution < -0.4 is 5.32 Å². The lowest BCUT2D eigenvalue weighted by Gasteiger charge is -2.09. The SMILES string of the molecule is CCC(C)OCCCNC(=O)I. The van der Waals surface area contributed by atoms with Gasteiger partial charge in [-0.05, 0) is 19.8 Å². The summed E-state index contributed by atoms with van der Waals surface area (Å²) in [5.41, 5.74) is 0. The van der Waals surface area contributed by atoms with Gasteiger partial charge in [-0.15, -0.1) is 0 Å². The Bertz CT molecular complexity index is 130. The molecule has 0 rings (SSSR count). The van der Waals surface area contributed by atoms with Crippen LogP contribution in [0.2, 0.25) is 0 Å². The molecule has 12 heavy (non-hydrogen) atoms. The summed E-state index contributed by atoms with van der Waals surface area (Å²) in [4.78, 5) is 10.4. The molecule has 0 aromatic rings. The van der Waals surface area contributed by atoms with Gasteiger partial charge < -0.3 is 10.1 Å². The average Bonchev–Trinajstić information content (AvgIpc) is 2.03. The van der Waals surface area contributed by atoms with Crippen LogP contribution in [-0.2, 0) is 4.74 Å². The molecule has 0 fully saturated rings. The zero-order valence-corrected chi connectivity index (χ0v) is 9.76. The molecule has 0 aromatic heterocycles. The Morgan fingerprint density at radius 2 is 2.33 bits per heavy atom. The van der Waals surface area contributed by atoms with E-state index in [2.05, 4.69) is 19.2 Å². The highest BCUT2D eigenvalue weighted by Gasteiger charge is 1.97. The smallest absolute Gasteiger partial charge is 0.280 e. The largest absolute Gasteiger partial charge is 0.378 e. The topological polar surface area (TPSA) is 38.3 Å². The first-order chi connectivity index (χ1) is 5.66. The lowest BCUT2D eigenvalue weighted by molar-refractivity contribution is 0.0625. The Kier molecular flexibility index (Phi) is 7.89. The maximum atomic E-state index is 10.4. The second-order valence-corrected chi connectivity index (χ2v) is 3.62. The van der Waals surface area contributed by atoms with Crippen LogP contribution in [0.25, 0.3) is 0 Å². The Labute approximate surface area is 87.4 Å². The van der Waals surface area contributed by atoms with Crippen molar-refractivity contribution in [3.63, 3.8) is 0 Å². The van der Waals surface area contributed by atoms with Gasteiger partial charge in [0.15, 0.2) is 0 Å². The van der Waals surface area contributed by atoms with Gasteiger partial charge in [-0.25, -0.2) is 0 Å². The Balaban J connectivity index is 3.05. The number of hydrogen-bond acceptors (Lipinski definition) is 2. The maximum Gasteiger partial charge on any atom is 0.280 e. The summed E-state index contributed by atoms with van der Waals surface area (Å²) >= 11 is 1.72. The number of ether oxygens (including phenoxy) is 1. The van der Waals surface area contributed by atoms with Crippen molar-refractivity contribution in [2.24, 2.45) is 0 Å². The second-order valence-electron chi connectivity index (χ2n) is 2.64. The maximum absolute atomic E-state index is 10.4. The van der Waals surface area contributed by atoms with Crippen molar-refractivity contribution in [2.75, 3.05) is 13.2 Å². The molecule has 0 heterocycles. The summed E-state index contributed by atoms with van der Waals surface area (Å²) in [7, 11) is 0. The molecule has 0 aromatic carbocycles. The summed E-state index contributed by atoms with van der Waals surface area (Å²) < 4.78 is 5.42. The van der Waals surface area contributed by atoms with E-state index in [4.69, 9.17) is 4.74 Å². The molecule has 0 saturated heterocycles. The highest BCUT2D eigenvalue weighted by Crippen LogP contribution is 1.96.